The molecule has 0 radical (unpaired) electrons. The monoisotopic (exact) mass is 326 g/mol. The second-order valence-electron chi connectivity index (χ2n) is 5.07. The fourth-order valence-corrected chi connectivity index (χ4v) is 3.76. The number of hydrogen-bond donors (Lipinski definition) is 1. The lowest BCUT2D eigenvalue weighted by Crippen LogP contribution is -2.41. The van der Waals surface area contributed by atoms with Crippen LogP contribution in [0.2, 0.25) is 5.02 Å². The summed E-state index contributed by atoms with van der Waals surface area (Å²) in [5.74, 6) is -0.392. The SMILES string of the molecule is CCCN1C(=Nc2ccc(Cl)cc2)SCC1C(C)C(=O)O. The fraction of sp³-hybridized carbons (Fsp3) is 0.467. The number of carboxylic acid groups (broad SMARTS) is 1. The van der Waals surface area contributed by atoms with Crippen molar-refractivity contribution >= 4 is 40.2 Å². The number of rotatable bonds is 5. The molecule has 1 aromatic carbocycles. The molecular weight excluding hydrogens is 308 g/mol. The van der Waals surface area contributed by atoms with E-state index in [1.54, 1.807) is 18.7 Å². The van der Waals surface area contributed by atoms with Gasteiger partial charge in [-0.15, -0.1) is 0 Å². The zero-order valence-corrected chi connectivity index (χ0v) is 13.7. The summed E-state index contributed by atoms with van der Waals surface area (Å²) in [7, 11) is 0. The Labute approximate surface area is 134 Å². The quantitative estimate of drug-likeness (QED) is 0.892. The Hall–Kier alpha value is -1.20. The standard InChI is InChI=1S/C15H19ClN2O2S/c1-3-8-18-13(10(2)14(19)20)9-21-15(18)17-12-6-4-11(16)5-7-12/h4-7,10,13H,3,8-9H2,1-2H3,(H,19,20). The Kier molecular flexibility index (Phi) is 5.53. The first kappa shape index (κ1) is 16.2. The Morgan fingerprint density at radius 2 is 2.19 bits per heavy atom. The number of amidine groups is 1. The summed E-state index contributed by atoms with van der Waals surface area (Å²) >= 11 is 7.50. The predicted octanol–water partition coefficient (Wildman–Crippen LogP) is 3.88. The molecule has 1 saturated heterocycles. The van der Waals surface area contributed by atoms with Crippen molar-refractivity contribution in [2.24, 2.45) is 10.9 Å². The summed E-state index contributed by atoms with van der Waals surface area (Å²) in [6, 6.07) is 7.35. The molecule has 21 heavy (non-hydrogen) atoms. The maximum atomic E-state index is 11.2. The molecule has 1 heterocycles. The van der Waals surface area contributed by atoms with Crippen LogP contribution >= 0.6 is 23.4 Å². The maximum absolute atomic E-state index is 11.2. The molecule has 0 spiro atoms. The number of thioether (sulfide) groups is 1. The van der Waals surface area contributed by atoms with Gasteiger partial charge >= 0.3 is 5.97 Å². The number of benzene rings is 1. The number of aliphatic imine (C=N–C) groups is 1. The molecule has 1 N–H and O–H groups in total. The summed E-state index contributed by atoms with van der Waals surface area (Å²) in [4.78, 5) is 18.0. The van der Waals surface area contributed by atoms with Gasteiger partial charge in [0.2, 0.25) is 0 Å². The van der Waals surface area contributed by atoms with Crippen molar-refractivity contribution in [3.63, 3.8) is 0 Å². The number of nitrogens with zero attached hydrogens (tertiary/aromatic N) is 2. The van der Waals surface area contributed by atoms with Gasteiger partial charge in [0.1, 0.15) is 0 Å². The molecular formula is C15H19ClN2O2S. The molecule has 2 rings (SSSR count). The molecule has 0 bridgehead atoms. The van der Waals surface area contributed by atoms with Crippen LogP contribution in [0.5, 0.6) is 0 Å². The van der Waals surface area contributed by atoms with Crippen molar-refractivity contribution < 1.29 is 9.90 Å². The minimum atomic E-state index is -0.755. The van der Waals surface area contributed by atoms with Crippen LogP contribution in [0.1, 0.15) is 20.3 Å². The number of carbonyl (C=O) groups is 1. The van der Waals surface area contributed by atoms with Gasteiger partial charge in [-0.1, -0.05) is 30.3 Å². The van der Waals surface area contributed by atoms with Gasteiger partial charge in [0.15, 0.2) is 5.17 Å². The van der Waals surface area contributed by atoms with Crippen LogP contribution in [0.3, 0.4) is 0 Å². The number of hydrogen-bond acceptors (Lipinski definition) is 3. The second kappa shape index (κ2) is 7.18. The third-order valence-corrected chi connectivity index (χ3v) is 4.86. The topological polar surface area (TPSA) is 52.9 Å². The summed E-state index contributed by atoms with van der Waals surface area (Å²) in [5, 5.41) is 10.8. The Bertz CT molecular complexity index is 533. The van der Waals surface area contributed by atoms with E-state index < -0.39 is 11.9 Å². The third-order valence-electron chi connectivity index (χ3n) is 3.51. The number of carboxylic acids is 1. The van der Waals surface area contributed by atoms with Crippen LogP contribution in [0, 0.1) is 5.92 Å². The molecule has 2 atom stereocenters. The molecule has 1 aromatic rings. The molecule has 2 unspecified atom stereocenters. The van der Waals surface area contributed by atoms with E-state index in [1.807, 2.05) is 24.3 Å². The van der Waals surface area contributed by atoms with Gasteiger partial charge in [-0.3, -0.25) is 4.79 Å². The molecule has 114 valence electrons. The summed E-state index contributed by atoms with van der Waals surface area (Å²) in [6.07, 6.45) is 0.961. The summed E-state index contributed by atoms with van der Waals surface area (Å²) in [6.45, 7) is 4.68. The molecule has 0 aromatic heterocycles. The van der Waals surface area contributed by atoms with Crippen molar-refractivity contribution in [3.8, 4) is 0 Å². The smallest absolute Gasteiger partial charge is 0.308 e. The molecule has 0 saturated carbocycles. The lowest BCUT2D eigenvalue weighted by Gasteiger charge is -2.28. The van der Waals surface area contributed by atoms with E-state index in [4.69, 9.17) is 11.6 Å². The third kappa shape index (κ3) is 3.92. The molecule has 1 aliphatic heterocycles. The largest absolute Gasteiger partial charge is 0.481 e. The predicted molar refractivity (Wildman–Crippen MR) is 88.6 cm³/mol. The highest BCUT2D eigenvalue weighted by Crippen LogP contribution is 2.31. The highest BCUT2D eigenvalue weighted by molar-refractivity contribution is 8.14. The van der Waals surface area contributed by atoms with Crippen LogP contribution in [0.15, 0.2) is 29.3 Å². The molecule has 4 nitrogen and oxygen atoms in total. The van der Waals surface area contributed by atoms with E-state index in [0.717, 1.165) is 29.6 Å². The number of aliphatic carboxylic acids is 1. The van der Waals surface area contributed by atoms with Gasteiger partial charge in [-0.05, 0) is 37.6 Å². The first-order valence-corrected chi connectivity index (χ1v) is 8.35. The molecule has 6 heteroatoms. The molecule has 0 amide bonds. The molecule has 0 aliphatic carbocycles. The zero-order valence-electron chi connectivity index (χ0n) is 12.1. The minimum Gasteiger partial charge on any atom is -0.481 e. The van der Waals surface area contributed by atoms with Gasteiger partial charge in [-0.2, -0.15) is 0 Å². The van der Waals surface area contributed by atoms with E-state index in [2.05, 4.69) is 16.8 Å². The first-order valence-electron chi connectivity index (χ1n) is 6.99. The average molecular weight is 327 g/mol. The van der Waals surface area contributed by atoms with Crippen LogP contribution in [-0.4, -0.2) is 39.5 Å². The van der Waals surface area contributed by atoms with Crippen molar-refractivity contribution in [3.05, 3.63) is 29.3 Å². The lowest BCUT2D eigenvalue weighted by molar-refractivity contribution is -0.142. The van der Waals surface area contributed by atoms with E-state index in [0.29, 0.717) is 5.02 Å². The van der Waals surface area contributed by atoms with E-state index in [1.165, 1.54) is 0 Å². The summed E-state index contributed by atoms with van der Waals surface area (Å²) in [5.41, 5.74) is 0.839. The van der Waals surface area contributed by atoms with Gasteiger partial charge < -0.3 is 10.0 Å². The van der Waals surface area contributed by atoms with Gasteiger partial charge in [0, 0.05) is 17.3 Å². The van der Waals surface area contributed by atoms with Gasteiger partial charge in [-0.25, -0.2) is 4.99 Å². The van der Waals surface area contributed by atoms with E-state index in [-0.39, 0.29) is 6.04 Å². The fourth-order valence-electron chi connectivity index (χ4n) is 2.28. The normalized spacial score (nSPS) is 21.8. The molecule has 1 fully saturated rings. The number of halogens is 1. The highest BCUT2D eigenvalue weighted by Gasteiger charge is 2.36. The van der Waals surface area contributed by atoms with Crippen LogP contribution in [-0.2, 0) is 4.79 Å². The molecule has 1 aliphatic rings. The van der Waals surface area contributed by atoms with Crippen molar-refractivity contribution in [2.45, 2.75) is 26.3 Å². The van der Waals surface area contributed by atoms with Crippen molar-refractivity contribution in [2.75, 3.05) is 12.3 Å². The van der Waals surface area contributed by atoms with E-state index in [9.17, 15) is 9.90 Å². The Morgan fingerprint density at radius 1 is 1.52 bits per heavy atom. The van der Waals surface area contributed by atoms with Crippen molar-refractivity contribution in [1.82, 2.24) is 4.90 Å². The average Bonchev–Trinajstić information content (AvgIpc) is 2.84. The first-order chi connectivity index (χ1) is 10.0. The van der Waals surface area contributed by atoms with Crippen LogP contribution in [0.25, 0.3) is 0 Å². The second-order valence-corrected chi connectivity index (χ2v) is 6.49. The maximum Gasteiger partial charge on any atom is 0.308 e. The van der Waals surface area contributed by atoms with E-state index >= 15 is 0 Å². The Morgan fingerprint density at radius 3 is 2.76 bits per heavy atom. The Balaban J connectivity index is 2.22. The van der Waals surface area contributed by atoms with Crippen LogP contribution in [0.4, 0.5) is 5.69 Å². The van der Waals surface area contributed by atoms with Crippen LogP contribution < -0.4 is 0 Å². The van der Waals surface area contributed by atoms with Gasteiger partial charge in [0.25, 0.3) is 0 Å². The minimum absolute atomic E-state index is 0.00139. The van der Waals surface area contributed by atoms with Gasteiger partial charge in [0.05, 0.1) is 17.6 Å². The zero-order chi connectivity index (χ0) is 15.4. The van der Waals surface area contributed by atoms with Crippen molar-refractivity contribution in [1.29, 1.82) is 0 Å². The summed E-state index contributed by atoms with van der Waals surface area (Å²) < 4.78 is 0. The highest BCUT2D eigenvalue weighted by atomic mass is 35.5. The lowest BCUT2D eigenvalue weighted by atomic mass is 10.0.